The monoisotopic (exact) mass is 144 g/mol. The molecule has 0 saturated carbocycles. The summed E-state index contributed by atoms with van der Waals surface area (Å²) in [6, 6.07) is 0. The molecular weight excluding hydrogens is 124 g/mol. The van der Waals surface area contributed by atoms with Crippen molar-refractivity contribution in [2.75, 3.05) is 6.54 Å². The van der Waals surface area contributed by atoms with E-state index in [9.17, 15) is 0 Å². The van der Waals surface area contributed by atoms with Gasteiger partial charge in [0.1, 0.15) is 0 Å². The maximum Gasteiger partial charge on any atom is 0.0278 e. The van der Waals surface area contributed by atoms with Crippen LogP contribution in [0.3, 0.4) is 0 Å². The fourth-order valence-corrected chi connectivity index (χ4v) is 1.19. The largest absolute Gasteiger partial charge is 0.329 e. The highest BCUT2D eigenvalue weighted by Gasteiger charge is 2.21. The van der Waals surface area contributed by atoms with E-state index < -0.39 is 0 Å². The fourth-order valence-electron chi connectivity index (χ4n) is 1.19. The quantitative estimate of drug-likeness (QED) is 0.620. The third-order valence-corrected chi connectivity index (χ3v) is 1.93. The summed E-state index contributed by atoms with van der Waals surface area (Å²) in [5.74, 6) is 0.647. The molecule has 0 amide bonds. The molecule has 1 unspecified atom stereocenters. The Kier molecular flexibility index (Phi) is 3.91. The standard InChI is InChI=1S/C8H20N2/c1-4-8(10,6-9)5-7(2)3/h7H,4-6,9-10H2,1-3H3. The SMILES string of the molecule is CCC(N)(CN)CC(C)C. The predicted octanol–water partition coefficient (Wildman–Crippen LogP) is 1.10. The molecule has 0 saturated heterocycles. The summed E-state index contributed by atoms with van der Waals surface area (Å²) in [6.45, 7) is 7.04. The number of nitrogens with two attached hydrogens (primary N) is 2. The molecule has 0 aromatic rings. The van der Waals surface area contributed by atoms with Crippen LogP contribution >= 0.6 is 0 Å². The van der Waals surface area contributed by atoms with Gasteiger partial charge in [-0.1, -0.05) is 20.8 Å². The van der Waals surface area contributed by atoms with Crippen molar-refractivity contribution < 1.29 is 0 Å². The van der Waals surface area contributed by atoms with Crippen molar-refractivity contribution in [3.8, 4) is 0 Å². The molecule has 0 fully saturated rings. The second-order valence-electron chi connectivity index (χ2n) is 3.52. The van der Waals surface area contributed by atoms with Crippen LogP contribution in [0.25, 0.3) is 0 Å². The van der Waals surface area contributed by atoms with Crippen LogP contribution < -0.4 is 11.5 Å². The van der Waals surface area contributed by atoms with Gasteiger partial charge in [-0.3, -0.25) is 0 Å². The van der Waals surface area contributed by atoms with Crippen LogP contribution in [0.5, 0.6) is 0 Å². The molecule has 0 aliphatic rings. The fraction of sp³-hybridized carbons (Fsp3) is 1.00. The Balaban J connectivity index is 3.80. The van der Waals surface area contributed by atoms with E-state index in [2.05, 4.69) is 20.8 Å². The first kappa shape index (κ1) is 9.92. The maximum absolute atomic E-state index is 5.97. The number of rotatable bonds is 4. The van der Waals surface area contributed by atoms with Crippen molar-refractivity contribution in [2.45, 2.75) is 39.2 Å². The summed E-state index contributed by atoms with van der Waals surface area (Å²) in [5.41, 5.74) is 11.4. The summed E-state index contributed by atoms with van der Waals surface area (Å²) in [4.78, 5) is 0. The minimum atomic E-state index is -0.117. The van der Waals surface area contributed by atoms with E-state index in [1.165, 1.54) is 0 Å². The number of hydrogen-bond acceptors (Lipinski definition) is 2. The Labute approximate surface area is 64.0 Å². The van der Waals surface area contributed by atoms with E-state index in [-0.39, 0.29) is 5.54 Å². The molecule has 0 heterocycles. The summed E-state index contributed by atoms with van der Waals surface area (Å²) >= 11 is 0. The van der Waals surface area contributed by atoms with Gasteiger partial charge in [0.15, 0.2) is 0 Å². The lowest BCUT2D eigenvalue weighted by Gasteiger charge is -2.28. The van der Waals surface area contributed by atoms with Crippen LogP contribution in [0.15, 0.2) is 0 Å². The third kappa shape index (κ3) is 3.18. The Morgan fingerprint density at radius 3 is 2.00 bits per heavy atom. The molecule has 0 bridgehead atoms. The maximum atomic E-state index is 5.97. The first-order valence-electron chi connectivity index (χ1n) is 4.03. The van der Waals surface area contributed by atoms with Crippen molar-refractivity contribution in [3.63, 3.8) is 0 Å². The van der Waals surface area contributed by atoms with Gasteiger partial charge in [-0.2, -0.15) is 0 Å². The molecular formula is C8H20N2. The van der Waals surface area contributed by atoms with Crippen LogP contribution in [0.2, 0.25) is 0 Å². The molecule has 0 aromatic carbocycles. The lowest BCUT2D eigenvalue weighted by molar-refractivity contribution is 0.338. The van der Waals surface area contributed by atoms with Gasteiger partial charge in [0.25, 0.3) is 0 Å². The molecule has 10 heavy (non-hydrogen) atoms. The second-order valence-corrected chi connectivity index (χ2v) is 3.52. The Hall–Kier alpha value is -0.0800. The lowest BCUT2D eigenvalue weighted by Crippen LogP contribution is -2.47. The van der Waals surface area contributed by atoms with Gasteiger partial charge in [0.2, 0.25) is 0 Å². The number of hydrogen-bond donors (Lipinski definition) is 2. The first-order valence-corrected chi connectivity index (χ1v) is 4.03. The van der Waals surface area contributed by atoms with Crippen LogP contribution in [-0.2, 0) is 0 Å². The van der Waals surface area contributed by atoms with Crippen molar-refractivity contribution in [1.82, 2.24) is 0 Å². The highest BCUT2D eigenvalue weighted by molar-refractivity contribution is 4.84. The van der Waals surface area contributed by atoms with E-state index in [0.29, 0.717) is 12.5 Å². The summed E-state index contributed by atoms with van der Waals surface area (Å²) < 4.78 is 0. The minimum absolute atomic E-state index is 0.117. The smallest absolute Gasteiger partial charge is 0.0278 e. The minimum Gasteiger partial charge on any atom is -0.329 e. The molecule has 2 nitrogen and oxygen atoms in total. The Bertz CT molecular complexity index is 85.3. The van der Waals surface area contributed by atoms with E-state index >= 15 is 0 Å². The molecule has 0 rings (SSSR count). The summed E-state index contributed by atoms with van der Waals surface area (Å²) in [5, 5.41) is 0. The van der Waals surface area contributed by atoms with Gasteiger partial charge in [-0.05, 0) is 18.8 Å². The highest BCUT2D eigenvalue weighted by Crippen LogP contribution is 2.15. The molecule has 62 valence electrons. The molecule has 0 spiro atoms. The van der Waals surface area contributed by atoms with E-state index in [1.807, 2.05) is 0 Å². The van der Waals surface area contributed by atoms with E-state index in [4.69, 9.17) is 11.5 Å². The topological polar surface area (TPSA) is 52.0 Å². The van der Waals surface area contributed by atoms with Crippen LogP contribution in [0, 0.1) is 5.92 Å². The lowest BCUT2D eigenvalue weighted by atomic mass is 9.88. The van der Waals surface area contributed by atoms with Crippen molar-refractivity contribution in [1.29, 1.82) is 0 Å². The van der Waals surface area contributed by atoms with Crippen LogP contribution in [0.1, 0.15) is 33.6 Å². The van der Waals surface area contributed by atoms with Gasteiger partial charge in [0, 0.05) is 12.1 Å². The molecule has 0 radical (unpaired) electrons. The second kappa shape index (κ2) is 3.94. The zero-order valence-electron chi connectivity index (χ0n) is 7.35. The predicted molar refractivity (Wildman–Crippen MR) is 45.7 cm³/mol. The Morgan fingerprint density at radius 1 is 1.40 bits per heavy atom. The molecule has 0 aliphatic carbocycles. The van der Waals surface area contributed by atoms with Gasteiger partial charge < -0.3 is 11.5 Å². The van der Waals surface area contributed by atoms with Crippen LogP contribution in [-0.4, -0.2) is 12.1 Å². The van der Waals surface area contributed by atoms with Crippen LogP contribution in [0.4, 0.5) is 0 Å². The van der Waals surface area contributed by atoms with Gasteiger partial charge in [-0.15, -0.1) is 0 Å². The van der Waals surface area contributed by atoms with Gasteiger partial charge in [-0.25, -0.2) is 0 Å². The molecule has 4 N–H and O–H groups in total. The normalized spacial score (nSPS) is 17.4. The average Bonchev–Trinajstić information content (AvgIpc) is 1.87. The first-order chi connectivity index (χ1) is 4.54. The zero-order chi connectivity index (χ0) is 8.20. The highest BCUT2D eigenvalue weighted by atomic mass is 14.8. The Morgan fingerprint density at radius 2 is 1.90 bits per heavy atom. The van der Waals surface area contributed by atoms with Crippen molar-refractivity contribution >= 4 is 0 Å². The zero-order valence-corrected chi connectivity index (χ0v) is 7.35. The van der Waals surface area contributed by atoms with E-state index in [1.54, 1.807) is 0 Å². The van der Waals surface area contributed by atoms with Gasteiger partial charge >= 0.3 is 0 Å². The molecule has 2 heteroatoms. The van der Waals surface area contributed by atoms with Crippen molar-refractivity contribution in [3.05, 3.63) is 0 Å². The third-order valence-electron chi connectivity index (χ3n) is 1.93. The van der Waals surface area contributed by atoms with E-state index in [0.717, 1.165) is 12.8 Å². The molecule has 1 atom stereocenters. The van der Waals surface area contributed by atoms with Gasteiger partial charge in [0.05, 0.1) is 0 Å². The summed E-state index contributed by atoms with van der Waals surface area (Å²) in [6.07, 6.45) is 2.00. The molecule has 0 aromatic heterocycles. The summed E-state index contributed by atoms with van der Waals surface area (Å²) in [7, 11) is 0. The average molecular weight is 144 g/mol. The molecule has 0 aliphatic heterocycles. The van der Waals surface area contributed by atoms with Crippen molar-refractivity contribution in [2.24, 2.45) is 17.4 Å².